The molecule has 1 N–H and O–H groups in total. The molecule has 0 fully saturated rings. The second-order valence-corrected chi connectivity index (χ2v) is 3.42. The van der Waals surface area contributed by atoms with E-state index in [4.69, 9.17) is 10.00 Å². The van der Waals surface area contributed by atoms with Gasteiger partial charge in [0.05, 0.1) is 0 Å². The largest absolute Gasteiger partial charge is 0.476 e. The molecule has 1 atom stereocenters. The molecule has 0 aliphatic heterocycles. The zero-order valence-electron chi connectivity index (χ0n) is 9.46. The lowest BCUT2D eigenvalue weighted by molar-refractivity contribution is 0.272. The molecule has 0 radical (unpaired) electrons. The molecule has 0 bridgehead atoms. The Balaban J connectivity index is 2.85. The van der Waals surface area contributed by atoms with E-state index in [1.54, 1.807) is 13.0 Å². The SMILES string of the molecule is CCNCc1cc(F)ccc1OC(C)C#N. The summed E-state index contributed by atoms with van der Waals surface area (Å²) in [6.45, 7) is 4.95. The molecule has 0 saturated carbocycles. The molecule has 86 valence electrons. The Bertz CT molecular complexity index is 387. The number of hydrogen-bond acceptors (Lipinski definition) is 3. The Morgan fingerprint density at radius 2 is 2.31 bits per heavy atom. The predicted octanol–water partition coefficient (Wildman–Crippen LogP) is 2.23. The molecular weight excluding hydrogens is 207 g/mol. The van der Waals surface area contributed by atoms with Crippen LogP contribution in [0.25, 0.3) is 0 Å². The minimum Gasteiger partial charge on any atom is -0.476 e. The topological polar surface area (TPSA) is 45.0 Å². The van der Waals surface area contributed by atoms with Crippen LogP contribution in [0.2, 0.25) is 0 Å². The van der Waals surface area contributed by atoms with Crippen molar-refractivity contribution in [3.63, 3.8) is 0 Å². The van der Waals surface area contributed by atoms with Gasteiger partial charge in [-0.05, 0) is 31.7 Å². The van der Waals surface area contributed by atoms with Crippen molar-refractivity contribution in [1.29, 1.82) is 5.26 Å². The van der Waals surface area contributed by atoms with Gasteiger partial charge < -0.3 is 10.1 Å². The van der Waals surface area contributed by atoms with Crippen molar-refractivity contribution in [2.24, 2.45) is 0 Å². The van der Waals surface area contributed by atoms with Gasteiger partial charge in [-0.2, -0.15) is 5.26 Å². The zero-order valence-corrected chi connectivity index (χ0v) is 9.46. The van der Waals surface area contributed by atoms with Crippen LogP contribution in [-0.4, -0.2) is 12.6 Å². The number of hydrogen-bond donors (Lipinski definition) is 1. The maximum Gasteiger partial charge on any atom is 0.181 e. The molecule has 16 heavy (non-hydrogen) atoms. The van der Waals surface area contributed by atoms with Gasteiger partial charge in [-0.1, -0.05) is 6.92 Å². The van der Waals surface area contributed by atoms with E-state index >= 15 is 0 Å². The lowest BCUT2D eigenvalue weighted by Gasteiger charge is -2.13. The van der Waals surface area contributed by atoms with Crippen LogP contribution in [0, 0.1) is 17.1 Å². The van der Waals surface area contributed by atoms with Crippen molar-refractivity contribution in [2.45, 2.75) is 26.5 Å². The van der Waals surface area contributed by atoms with E-state index in [2.05, 4.69) is 5.32 Å². The Kier molecular flexibility index (Phi) is 4.74. The fraction of sp³-hybridized carbons (Fsp3) is 0.417. The third-order valence-corrected chi connectivity index (χ3v) is 2.07. The highest BCUT2D eigenvalue weighted by Gasteiger charge is 2.08. The van der Waals surface area contributed by atoms with Crippen LogP contribution in [0.5, 0.6) is 5.75 Å². The van der Waals surface area contributed by atoms with Crippen LogP contribution < -0.4 is 10.1 Å². The van der Waals surface area contributed by atoms with Crippen LogP contribution in [0.15, 0.2) is 18.2 Å². The highest BCUT2D eigenvalue weighted by Crippen LogP contribution is 2.20. The van der Waals surface area contributed by atoms with E-state index < -0.39 is 6.10 Å². The summed E-state index contributed by atoms with van der Waals surface area (Å²) in [5.41, 5.74) is 0.726. The second kappa shape index (κ2) is 6.09. The molecule has 0 aromatic heterocycles. The molecular formula is C12H15FN2O. The molecule has 1 rings (SSSR count). The fourth-order valence-electron chi connectivity index (χ4n) is 1.28. The first-order valence-electron chi connectivity index (χ1n) is 5.22. The number of ether oxygens (including phenoxy) is 1. The molecule has 3 nitrogen and oxygen atoms in total. The number of halogens is 1. The predicted molar refractivity (Wildman–Crippen MR) is 59.5 cm³/mol. The van der Waals surface area contributed by atoms with Gasteiger partial charge in [0.2, 0.25) is 0 Å². The zero-order chi connectivity index (χ0) is 12.0. The lowest BCUT2D eigenvalue weighted by atomic mass is 10.2. The van der Waals surface area contributed by atoms with Crippen molar-refractivity contribution in [2.75, 3.05) is 6.54 Å². The Hall–Kier alpha value is -1.60. The minimum atomic E-state index is -0.536. The summed E-state index contributed by atoms with van der Waals surface area (Å²) >= 11 is 0. The van der Waals surface area contributed by atoms with Gasteiger partial charge in [0.1, 0.15) is 17.6 Å². The molecule has 0 saturated heterocycles. The van der Waals surface area contributed by atoms with Crippen molar-refractivity contribution in [1.82, 2.24) is 5.32 Å². The highest BCUT2D eigenvalue weighted by molar-refractivity contribution is 5.34. The molecule has 0 aliphatic carbocycles. The first-order chi connectivity index (χ1) is 7.67. The quantitative estimate of drug-likeness (QED) is 0.830. The smallest absolute Gasteiger partial charge is 0.181 e. The molecule has 0 amide bonds. The van der Waals surface area contributed by atoms with Crippen LogP contribution in [-0.2, 0) is 6.54 Å². The Morgan fingerprint density at radius 3 is 2.94 bits per heavy atom. The number of nitrogens with one attached hydrogen (secondary N) is 1. The van der Waals surface area contributed by atoms with Crippen LogP contribution in [0.1, 0.15) is 19.4 Å². The summed E-state index contributed by atoms with van der Waals surface area (Å²) in [5.74, 6) is 0.251. The molecule has 0 heterocycles. The number of nitrogens with zero attached hydrogens (tertiary/aromatic N) is 1. The molecule has 4 heteroatoms. The van der Waals surface area contributed by atoms with Crippen LogP contribution in [0.4, 0.5) is 4.39 Å². The van der Waals surface area contributed by atoms with E-state index in [1.807, 2.05) is 13.0 Å². The van der Waals surface area contributed by atoms with Gasteiger partial charge in [-0.3, -0.25) is 0 Å². The van der Waals surface area contributed by atoms with Gasteiger partial charge in [-0.25, -0.2) is 4.39 Å². The number of benzene rings is 1. The standard InChI is InChI=1S/C12H15FN2O/c1-3-15-8-10-6-11(13)4-5-12(10)16-9(2)7-14/h4-6,9,15H,3,8H2,1-2H3. The summed E-state index contributed by atoms with van der Waals surface area (Å²) in [4.78, 5) is 0. The summed E-state index contributed by atoms with van der Waals surface area (Å²) in [5, 5.41) is 11.7. The second-order valence-electron chi connectivity index (χ2n) is 3.42. The van der Waals surface area contributed by atoms with Gasteiger partial charge >= 0.3 is 0 Å². The number of rotatable bonds is 5. The monoisotopic (exact) mass is 222 g/mol. The molecule has 1 aromatic carbocycles. The van der Waals surface area contributed by atoms with E-state index in [1.165, 1.54) is 12.1 Å². The number of nitriles is 1. The highest BCUT2D eigenvalue weighted by atomic mass is 19.1. The average molecular weight is 222 g/mol. The minimum absolute atomic E-state index is 0.301. The van der Waals surface area contributed by atoms with E-state index in [0.717, 1.165) is 12.1 Å². The van der Waals surface area contributed by atoms with Gasteiger partial charge in [-0.15, -0.1) is 0 Å². The van der Waals surface area contributed by atoms with Crippen molar-refractivity contribution in [3.05, 3.63) is 29.6 Å². The van der Waals surface area contributed by atoms with Crippen molar-refractivity contribution in [3.8, 4) is 11.8 Å². The van der Waals surface area contributed by atoms with E-state index in [0.29, 0.717) is 12.3 Å². The van der Waals surface area contributed by atoms with Crippen LogP contribution >= 0.6 is 0 Å². The van der Waals surface area contributed by atoms with Crippen molar-refractivity contribution < 1.29 is 9.13 Å². The van der Waals surface area contributed by atoms with Crippen molar-refractivity contribution >= 4 is 0 Å². The molecule has 0 aliphatic rings. The molecule has 1 aromatic rings. The Morgan fingerprint density at radius 1 is 1.56 bits per heavy atom. The van der Waals surface area contributed by atoms with E-state index in [-0.39, 0.29) is 5.82 Å². The third kappa shape index (κ3) is 3.52. The first kappa shape index (κ1) is 12.5. The fourth-order valence-corrected chi connectivity index (χ4v) is 1.28. The Labute approximate surface area is 94.8 Å². The third-order valence-electron chi connectivity index (χ3n) is 2.07. The molecule has 1 unspecified atom stereocenters. The average Bonchev–Trinajstić information content (AvgIpc) is 2.29. The summed E-state index contributed by atoms with van der Waals surface area (Å²) in [7, 11) is 0. The van der Waals surface area contributed by atoms with Gasteiger partial charge in [0.15, 0.2) is 6.10 Å². The maximum absolute atomic E-state index is 13.0. The van der Waals surface area contributed by atoms with Gasteiger partial charge in [0, 0.05) is 12.1 Å². The lowest BCUT2D eigenvalue weighted by Crippen LogP contribution is -2.15. The van der Waals surface area contributed by atoms with Gasteiger partial charge in [0.25, 0.3) is 0 Å². The van der Waals surface area contributed by atoms with Crippen LogP contribution in [0.3, 0.4) is 0 Å². The normalized spacial score (nSPS) is 11.9. The molecule has 0 spiro atoms. The van der Waals surface area contributed by atoms with E-state index in [9.17, 15) is 4.39 Å². The maximum atomic E-state index is 13.0. The summed E-state index contributed by atoms with van der Waals surface area (Å²) < 4.78 is 18.4. The summed E-state index contributed by atoms with van der Waals surface area (Å²) in [6.07, 6.45) is -0.536. The first-order valence-corrected chi connectivity index (χ1v) is 5.22. The summed E-state index contributed by atoms with van der Waals surface area (Å²) in [6, 6.07) is 6.27.